The van der Waals surface area contributed by atoms with Gasteiger partial charge in [-0.3, -0.25) is 19.8 Å². The van der Waals surface area contributed by atoms with Gasteiger partial charge in [0.1, 0.15) is 11.8 Å². The molecule has 268 valence electrons. The fourth-order valence-electron chi connectivity index (χ4n) is 6.78. The van der Waals surface area contributed by atoms with Gasteiger partial charge in [0.15, 0.2) is 0 Å². The number of hydrogen-bond donors (Lipinski definition) is 3. The number of carbonyl (C=O) groups is 2. The third-order valence-corrected chi connectivity index (χ3v) is 9.57. The Balaban J connectivity index is 1.17. The van der Waals surface area contributed by atoms with E-state index < -0.39 is 16.6 Å². The van der Waals surface area contributed by atoms with Crippen molar-refractivity contribution < 1.29 is 19.2 Å². The number of alkyl carbamates (subject to hydrolysis) is 1. The molecule has 13 nitrogen and oxygen atoms in total. The smallest absolute Gasteiger partial charge is 0.407 e. The first-order valence-corrected chi connectivity index (χ1v) is 17.5. The van der Waals surface area contributed by atoms with Crippen LogP contribution in [0.2, 0.25) is 0 Å². The highest BCUT2D eigenvalue weighted by atomic mass is 16.6. The predicted molar refractivity (Wildman–Crippen MR) is 194 cm³/mol. The molecule has 3 aromatic rings. The van der Waals surface area contributed by atoms with Crippen LogP contribution in [0.1, 0.15) is 70.1 Å². The average Bonchev–Trinajstić information content (AvgIpc) is 3.09. The van der Waals surface area contributed by atoms with Gasteiger partial charge in [-0.1, -0.05) is 36.4 Å². The monoisotopic (exact) mass is 686 g/mol. The first-order valence-electron chi connectivity index (χ1n) is 17.5. The SMILES string of the molecule is CC(=O)N1CCN(C2CCC(CNc3nc(NCc4cccc(-c5cccc(CNC(=O)OC(C)(C)C)c5)c4C)ncc3[N+](=O)[O-])CC2)CC1. The normalized spacial score (nSPS) is 18.3. The van der Waals surface area contributed by atoms with E-state index in [-0.39, 0.29) is 17.4 Å². The van der Waals surface area contributed by atoms with Crippen LogP contribution in [-0.4, -0.2) is 81.1 Å². The summed E-state index contributed by atoms with van der Waals surface area (Å²) < 4.78 is 5.36. The summed E-state index contributed by atoms with van der Waals surface area (Å²) in [4.78, 5) is 48.4. The number of aromatic nitrogens is 2. The first kappa shape index (κ1) is 36.5. The van der Waals surface area contributed by atoms with Crippen molar-refractivity contribution in [2.75, 3.05) is 43.4 Å². The van der Waals surface area contributed by atoms with Crippen LogP contribution in [0, 0.1) is 23.0 Å². The Labute approximate surface area is 294 Å². The molecular weight excluding hydrogens is 636 g/mol. The Hall–Kier alpha value is -4.78. The van der Waals surface area contributed by atoms with Crippen molar-refractivity contribution in [1.82, 2.24) is 25.1 Å². The van der Waals surface area contributed by atoms with Gasteiger partial charge in [0.2, 0.25) is 17.7 Å². The van der Waals surface area contributed by atoms with Crippen molar-refractivity contribution in [2.45, 2.75) is 85.0 Å². The van der Waals surface area contributed by atoms with Gasteiger partial charge < -0.3 is 25.6 Å². The first-order chi connectivity index (χ1) is 23.9. The average molecular weight is 687 g/mol. The van der Waals surface area contributed by atoms with E-state index in [0.717, 1.165) is 79.7 Å². The molecule has 2 amide bonds. The molecule has 1 aromatic heterocycles. The summed E-state index contributed by atoms with van der Waals surface area (Å²) in [7, 11) is 0. The van der Waals surface area contributed by atoms with Crippen LogP contribution in [0.4, 0.5) is 22.2 Å². The summed E-state index contributed by atoms with van der Waals surface area (Å²) in [6.07, 6.45) is 5.03. The summed E-state index contributed by atoms with van der Waals surface area (Å²) in [6.45, 7) is 14.0. The lowest BCUT2D eigenvalue weighted by molar-refractivity contribution is -0.384. The Bertz CT molecular complexity index is 1660. The lowest BCUT2D eigenvalue weighted by Crippen LogP contribution is -2.52. The minimum Gasteiger partial charge on any atom is -0.444 e. The molecule has 50 heavy (non-hydrogen) atoms. The van der Waals surface area contributed by atoms with Crippen LogP contribution >= 0.6 is 0 Å². The molecule has 0 atom stereocenters. The van der Waals surface area contributed by atoms with Crippen molar-refractivity contribution in [3.63, 3.8) is 0 Å². The van der Waals surface area contributed by atoms with E-state index >= 15 is 0 Å². The Morgan fingerprint density at radius 2 is 1.72 bits per heavy atom. The Morgan fingerprint density at radius 1 is 1.00 bits per heavy atom. The van der Waals surface area contributed by atoms with Gasteiger partial charge >= 0.3 is 11.8 Å². The standard InChI is InChI=1S/C37H50N8O5/c1-25-30(10-7-11-32(25)29-9-6-8-28(20-29)22-41-36(47)50-37(3,4)5)23-39-35-40-24-33(45(48)49)34(42-35)38-21-27-12-14-31(15-13-27)44-18-16-43(17-19-44)26(2)46/h6-11,20,24,27,31H,12-19,21-23H2,1-5H3,(H,41,47)(H2,38,39,40,42). The van der Waals surface area contributed by atoms with E-state index in [1.807, 2.05) is 56.0 Å². The molecule has 1 aliphatic heterocycles. The number of nitrogens with one attached hydrogen (secondary N) is 3. The molecular formula is C37H50N8O5. The number of ether oxygens (including phenoxy) is 1. The molecule has 0 unspecified atom stereocenters. The lowest BCUT2D eigenvalue weighted by Gasteiger charge is -2.41. The maximum Gasteiger partial charge on any atom is 0.407 e. The molecule has 2 aromatic carbocycles. The zero-order valence-electron chi connectivity index (χ0n) is 29.8. The van der Waals surface area contributed by atoms with Crippen molar-refractivity contribution >= 4 is 29.5 Å². The fraction of sp³-hybridized carbons (Fsp3) is 0.514. The second-order valence-corrected chi connectivity index (χ2v) is 14.3. The van der Waals surface area contributed by atoms with E-state index in [9.17, 15) is 19.7 Å². The highest BCUT2D eigenvalue weighted by Crippen LogP contribution is 2.31. The number of amides is 2. The minimum absolute atomic E-state index is 0.145. The molecule has 0 radical (unpaired) electrons. The number of nitro groups is 1. The molecule has 2 fully saturated rings. The van der Waals surface area contributed by atoms with E-state index in [4.69, 9.17) is 4.74 Å². The predicted octanol–water partition coefficient (Wildman–Crippen LogP) is 6.13. The number of piperazine rings is 1. The zero-order chi connectivity index (χ0) is 35.8. The summed E-state index contributed by atoms with van der Waals surface area (Å²) in [5.41, 5.74) is 4.44. The van der Waals surface area contributed by atoms with Crippen LogP contribution in [0.5, 0.6) is 0 Å². The second kappa shape index (κ2) is 16.3. The zero-order valence-corrected chi connectivity index (χ0v) is 29.8. The molecule has 3 N–H and O–H groups in total. The summed E-state index contributed by atoms with van der Waals surface area (Å²) in [5, 5.41) is 21.2. The van der Waals surface area contributed by atoms with Gasteiger partial charge in [0, 0.05) is 58.8 Å². The number of anilines is 2. The Kier molecular flexibility index (Phi) is 11.9. The van der Waals surface area contributed by atoms with E-state index in [2.05, 4.69) is 49.9 Å². The molecule has 0 spiro atoms. The third-order valence-electron chi connectivity index (χ3n) is 9.57. The van der Waals surface area contributed by atoms with Gasteiger partial charge in [-0.2, -0.15) is 4.98 Å². The van der Waals surface area contributed by atoms with Crippen LogP contribution in [0.25, 0.3) is 11.1 Å². The van der Waals surface area contributed by atoms with Gasteiger partial charge in [-0.25, -0.2) is 9.78 Å². The highest BCUT2D eigenvalue weighted by molar-refractivity contribution is 5.73. The van der Waals surface area contributed by atoms with E-state index in [1.54, 1.807) is 6.92 Å². The van der Waals surface area contributed by atoms with Gasteiger partial charge in [-0.15, -0.1) is 0 Å². The van der Waals surface area contributed by atoms with Gasteiger partial charge in [-0.05, 0) is 93.2 Å². The molecule has 5 rings (SSSR count). The van der Waals surface area contributed by atoms with Crippen LogP contribution < -0.4 is 16.0 Å². The van der Waals surface area contributed by atoms with Crippen molar-refractivity contribution in [1.29, 1.82) is 0 Å². The highest BCUT2D eigenvalue weighted by Gasteiger charge is 2.29. The van der Waals surface area contributed by atoms with E-state index in [0.29, 0.717) is 37.5 Å². The van der Waals surface area contributed by atoms with Crippen LogP contribution in [-0.2, 0) is 22.6 Å². The number of hydrogen-bond acceptors (Lipinski definition) is 10. The third kappa shape index (κ3) is 9.90. The topological polar surface area (TPSA) is 155 Å². The molecule has 2 aliphatic rings. The summed E-state index contributed by atoms with van der Waals surface area (Å²) in [5.74, 6) is 1.07. The number of rotatable bonds is 11. The molecule has 1 saturated heterocycles. The maximum atomic E-state index is 12.1. The molecule has 13 heteroatoms. The van der Waals surface area contributed by atoms with Crippen molar-refractivity contribution in [2.24, 2.45) is 5.92 Å². The number of benzene rings is 2. The largest absolute Gasteiger partial charge is 0.444 e. The quantitative estimate of drug-likeness (QED) is 0.158. The Morgan fingerprint density at radius 3 is 2.40 bits per heavy atom. The van der Waals surface area contributed by atoms with Crippen molar-refractivity contribution in [3.05, 3.63) is 75.5 Å². The molecule has 2 heterocycles. The van der Waals surface area contributed by atoms with Crippen LogP contribution in [0.15, 0.2) is 48.7 Å². The van der Waals surface area contributed by atoms with Gasteiger partial charge in [0.05, 0.1) is 4.92 Å². The minimum atomic E-state index is -0.564. The lowest BCUT2D eigenvalue weighted by atomic mass is 9.85. The number of nitrogens with zero attached hydrogens (tertiary/aromatic N) is 5. The van der Waals surface area contributed by atoms with Crippen LogP contribution in [0.3, 0.4) is 0 Å². The molecule has 0 bridgehead atoms. The summed E-state index contributed by atoms with van der Waals surface area (Å²) in [6, 6.07) is 14.6. The summed E-state index contributed by atoms with van der Waals surface area (Å²) >= 11 is 0. The second-order valence-electron chi connectivity index (χ2n) is 14.3. The maximum absolute atomic E-state index is 12.1. The number of carbonyl (C=O) groups excluding carboxylic acids is 2. The van der Waals surface area contributed by atoms with Gasteiger partial charge in [0.25, 0.3) is 0 Å². The molecule has 1 aliphatic carbocycles. The van der Waals surface area contributed by atoms with Crippen molar-refractivity contribution in [3.8, 4) is 11.1 Å². The van der Waals surface area contributed by atoms with E-state index in [1.165, 1.54) is 6.20 Å². The fourth-order valence-corrected chi connectivity index (χ4v) is 6.78. The molecule has 1 saturated carbocycles.